The quantitative estimate of drug-likeness (QED) is 0.119. The highest BCUT2D eigenvalue weighted by atomic mass is 28.3. The molecular formula is C35H42FN5O2Si. The summed E-state index contributed by atoms with van der Waals surface area (Å²) < 4.78 is 21.6. The summed E-state index contributed by atoms with van der Waals surface area (Å²) in [5.41, 5.74) is 3.66. The third kappa shape index (κ3) is 8.35. The number of nitrogens with zero attached hydrogens (tertiary/aromatic N) is 3. The number of benzene rings is 3. The summed E-state index contributed by atoms with van der Waals surface area (Å²) in [5, 5.41) is 11.8. The van der Waals surface area contributed by atoms with Crippen molar-refractivity contribution in [3.63, 3.8) is 0 Å². The standard InChI is InChI=1S/C35H42FN5O2Si/c1-40-20-9-8-15-33(40)34(27-12-6-5-7-13-27)38-35(42)37-29-17-19-32-30(24-29)31(18-16-26-11-10-14-28(36)23-26)39-41(32)25-43-21-22-44(2,3)4/h5-7,10-14,17,19,23-24,33-34H,8-9,15,20-22,25H2,1-4H3,(H2,37,38,42)/t33-,34-/m1/s1. The second-order valence-corrected chi connectivity index (χ2v) is 18.3. The number of ether oxygens (including phenoxy) is 1. The van der Waals surface area contributed by atoms with E-state index in [2.05, 4.69) is 66.2 Å². The van der Waals surface area contributed by atoms with Crippen LogP contribution in [0.3, 0.4) is 0 Å². The Morgan fingerprint density at radius 2 is 1.89 bits per heavy atom. The van der Waals surface area contributed by atoms with E-state index in [-0.39, 0.29) is 23.9 Å². The molecule has 0 aliphatic carbocycles. The van der Waals surface area contributed by atoms with Crippen molar-refractivity contribution >= 4 is 30.7 Å². The third-order valence-corrected chi connectivity index (χ3v) is 9.73. The third-order valence-electron chi connectivity index (χ3n) is 8.03. The van der Waals surface area contributed by atoms with Gasteiger partial charge in [-0.3, -0.25) is 0 Å². The van der Waals surface area contributed by atoms with Gasteiger partial charge in [0.1, 0.15) is 18.2 Å². The molecule has 0 radical (unpaired) electrons. The van der Waals surface area contributed by atoms with Crippen LogP contribution < -0.4 is 10.6 Å². The maximum Gasteiger partial charge on any atom is 0.319 e. The number of piperidine rings is 1. The number of halogens is 1. The molecule has 2 N–H and O–H groups in total. The molecule has 1 fully saturated rings. The molecule has 1 aliphatic rings. The summed E-state index contributed by atoms with van der Waals surface area (Å²) in [6.07, 6.45) is 3.33. The van der Waals surface area contributed by atoms with E-state index in [0.717, 1.165) is 41.9 Å². The molecule has 0 spiro atoms. The number of urea groups is 1. The Morgan fingerprint density at radius 3 is 2.64 bits per heavy atom. The number of hydrogen-bond acceptors (Lipinski definition) is 4. The van der Waals surface area contributed by atoms with E-state index < -0.39 is 8.07 Å². The van der Waals surface area contributed by atoms with Crippen LogP contribution in [-0.4, -0.2) is 55.0 Å². The Morgan fingerprint density at radius 1 is 1.07 bits per heavy atom. The number of likely N-dealkylation sites (tertiary alicyclic amines) is 1. The molecule has 9 heteroatoms. The zero-order valence-corrected chi connectivity index (χ0v) is 27.1. The molecule has 0 saturated carbocycles. The predicted molar refractivity (Wildman–Crippen MR) is 178 cm³/mol. The van der Waals surface area contributed by atoms with Gasteiger partial charge in [0.15, 0.2) is 0 Å². The van der Waals surface area contributed by atoms with Crippen molar-refractivity contribution in [1.29, 1.82) is 0 Å². The molecule has 230 valence electrons. The molecule has 1 aliphatic heterocycles. The van der Waals surface area contributed by atoms with Crippen LogP contribution >= 0.6 is 0 Å². The highest BCUT2D eigenvalue weighted by Gasteiger charge is 2.30. The van der Waals surface area contributed by atoms with Gasteiger partial charge in [-0.15, -0.1) is 0 Å². The Kier molecular flexibility index (Phi) is 10.2. The van der Waals surface area contributed by atoms with Gasteiger partial charge in [0, 0.05) is 37.4 Å². The number of hydrogen-bond donors (Lipinski definition) is 2. The molecular weight excluding hydrogens is 570 g/mol. The minimum atomic E-state index is -1.23. The maximum absolute atomic E-state index is 13.8. The summed E-state index contributed by atoms with van der Waals surface area (Å²) >= 11 is 0. The Hall–Kier alpha value is -3.97. The number of anilines is 1. The van der Waals surface area contributed by atoms with E-state index in [1.165, 1.54) is 18.6 Å². The van der Waals surface area contributed by atoms with Crippen molar-refractivity contribution in [3.8, 4) is 11.8 Å². The minimum Gasteiger partial charge on any atom is -0.360 e. The van der Waals surface area contributed by atoms with Crippen molar-refractivity contribution in [1.82, 2.24) is 20.0 Å². The normalized spacial score (nSPS) is 16.2. The first kappa shape index (κ1) is 31.5. The van der Waals surface area contributed by atoms with E-state index in [1.807, 2.05) is 36.4 Å². The van der Waals surface area contributed by atoms with Crippen LogP contribution in [0.1, 0.15) is 42.1 Å². The lowest BCUT2D eigenvalue weighted by Crippen LogP contribution is -2.47. The van der Waals surface area contributed by atoms with Crippen molar-refractivity contribution in [2.24, 2.45) is 0 Å². The van der Waals surface area contributed by atoms with Crippen LogP contribution in [-0.2, 0) is 11.5 Å². The fraction of sp³-hybridized carbons (Fsp3) is 0.371. The highest BCUT2D eigenvalue weighted by molar-refractivity contribution is 6.76. The van der Waals surface area contributed by atoms with Crippen LogP contribution in [0.4, 0.5) is 14.9 Å². The Labute approximate surface area is 260 Å². The van der Waals surface area contributed by atoms with Gasteiger partial charge in [0.05, 0.1) is 11.6 Å². The van der Waals surface area contributed by atoms with Gasteiger partial charge in [0.25, 0.3) is 0 Å². The molecule has 3 aromatic carbocycles. The maximum atomic E-state index is 13.8. The highest BCUT2D eigenvalue weighted by Crippen LogP contribution is 2.28. The molecule has 4 aromatic rings. The van der Waals surface area contributed by atoms with E-state index >= 15 is 0 Å². The number of carbonyl (C=O) groups excluding carboxylic acids is 1. The van der Waals surface area contributed by atoms with E-state index in [1.54, 1.807) is 16.8 Å². The summed E-state index contributed by atoms with van der Waals surface area (Å²) in [7, 11) is 0.904. The van der Waals surface area contributed by atoms with Crippen LogP contribution in [0.2, 0.25) is 25.7 Å². The van der Waals surface area contributed by atoms with Crippen LogP contribution in [0.25, 0.3) is 10.9 Å². The first-order valence-electron chi connectivity index (χ1n) is 15.3. The number of rotatable bonds is 9. The van der Waals surface area contributed by atoms with Gasteiger partial charge in [-0.05, 0) is 80.4 Å². The Bertz CT molecular complexity index is 1640. The zero-order valence-electron chi connectivity index (χ0n) is 26.1. The number of fused-ring (bicyclic) bond motifs is 1. The summed E-state index contributed by atoms with van der Waals surface area (Å²) in [4.78, 5) is 15.8. The zero-order chi connectivity index (χ0) is 31.1. The lowest BCUT2D eigenvalue weighted by atomic mass is 9.91. The average molecular weight is 612 g/mol. The number of aromatic nitrogens is 2. The Balaban J connectivity index is 1.39. The first-order chi connectivity index (χ1) is 21.2. The summed E-state index contributed by atoms with van der Waals surface area (Å²) in [6.45, 7) is 8.93. The topological polar surface area (TPSA) is 71.4 Å². The van der Waals surface area contributed by atoms with Gasteiger partial charge in [-0.1, -0.05) is 68.4 Å². The average Bonchev–Trinajstić information content (AvgIpc) is 3.34. The number of likely N-dealkylation sites (N-methyl/N-ethyl adjacent to an activating group) is 1. The summed E-state index contributed by atoms with van der Waals surface area (Å²) in [5.74, 6) is 5.81. The molecule has 1 saturated heterocycles. The predicted octanol–water partition coefficient (Wildman–Crippen LogP) is 7.23. The number of nitrogens with one attached hydrogen (secondary N) is 2. The fourth-order valence-corrected chi connectivity index (χ4v) is 6.32. The fourth-order valence-electron chi connectivity index (χ4n) is 5.57. The summed E-state index contributed by atoms with van der Waals surface area (Å²) in [6, 6.07) is 22.9. The lowest BCUT2D eigenvalue weighted by molar-refractivity contribution is 0.0816. The molecule has 2 amide bonds. The van der Waals surface area contributed by atoms with E-state index in [9.17, 15) is 9.18 Å². The van der Waals surface area contributed by atoms with Gasteiger partial charge < -0.3 is 20.3 Å². The smallest absolute Gasteiger partial charge is 0.319 e. The van der Waals surface area contributed by atoms with Crippen LogP contribution in [0.15, 0.2) is 72.8 Å². The molecule has 5 rings (SSSR count). The molecule has 0 unspecified atom stereocenters. The largest absolute Gasteiger partial charge is 0.360 e. The molecule has 0 bridgehead atoms. The van der Waals surface area contributed by atoms with Gasteiger partial charge in [0.2, 0.25) is 0 Å². The van der Waals surface area contributed by atoms with E-state index in [4.69, 9.17) is 9.84 Å². The second kappa shape index (κ2) is 14.2. The minimum absolute atomic E-state index is 0.144. The number of amides is 2. The van der Waals surface area contributed by atoms with Crippen molar-refractivity contribution in [2.45, 2.75) is 63.8 Å². The first-order valence-corrected chi connectivity index (χ1v) is 19.1. The monoisotopic (exact) mass is 611 g/mol. The van der Waals surface area contributed by atoms with Crippen molar-refractivity contribution in [2.75, 3.05) is 25.5 Å². The van der Waals surface area contributed by atoms with E-state index in [0.29, 0.717) is 30.3 Å². The molecule has 7 nitrogen and oxygen atoms in total. The lowest BCUT2D eigenvalue weighted by Gasteiger charge is -2.38. The van der Waals surface area contributed by atoms with Gasteiger partial charge >= 0.3 is 6.03 Å². The SMILES string of the molecule is CN1CCCC[C@@H]1[C@H](NC(=O)Nc1ccc2c(c1)c(C#Cc1cccc(F)c1)nn2COCC[Si](C)(C)C)c1ccccc1. The van der Waals surface area contributed by atoms with Crippen LogP contribution in [0.5, 0.6) is 0 Å². The molecule has 2 heterocycles. The van der Waals surface area contributed by atoms with Gasteiger partial charge in [-0.2, -0.15) is 5.10 Å². The molecule has 2 atom stereocenters. The van der Waals surface area contributed by atoms with Crippen molar-refractivity contribution < 1.29 is 13.9 Å². The van der Waals surface area contributed by atoms with Crippen LogP contribution in [0, 0.1) is 17.7 Å². The van der Waals surface area contributed by atoms with Crippen molar-refractivity contribution in [3.05, 3.63) is 95.4 Å². The molecule has 1 aromatic heterocycles. The number of carbonyl (C=O) groups is 1. The molecule has 44 heavy (non-hydrogen) atoms. The second-order valence-electron chi connectivity index (χ2n) is 12.7. The van der Waals surface area contributed by atoms with Gasteiger partial charge in [-0.25, -0.2) is 13.9 Å².